The molecular formula is C18H21N3O3. The van der Waals surface area contributed by atoms with Gasteiger partial charge in [-0.25, -0.2) is 4.98 Å². The SMILES string of the molecule is CCOc1ccc(C(=O)CN(C)C(=O)Cc2cccc(N)n2)cc1. The summed E-state index contributed by atoms with van der Waals surface area (Å²) in [6.07, 6.45) is 0.109. The van der Waals surface area contributed by atoms with Crippen LogP contribution in [0.1, 0.15) is 23.0 Å². The van der Waals surface area contributed by atoms with Gasteiger partial charge in [-0.1, -0.05) is 6.07 Å². The van der Waals surface area contributed by atoms with Crippen molar-refractivity contribution in [3.63, 3.8) is 0 Å². The van der Waals surface area contributed by atoms with Crippen molar-refractivity contribution in [3.05, 3.63) is 53.7 Å². The van der Waals surface area contributed by atoms with Crippen molar-refractivity contribution in [1.29, 1.82) is 0 Å². The average molecular weight is 327 g/mol. The lowest BCUT2D eigenvalue weighted by Gasteiger charge is -2.16. The zero-order valence-electron chi connectivity index (χ0n) is 13.9. The zero-order chi connectivity index (χ0) is 17.5. The molecule has 1 aromatic carbocycles. The number of rotatable bonds is 7. The Kier molecular flexibility index (Phi) is 5.89. The van der Waals surface area contributed by atoms with E-state index in [0.717, 1.165) is 0 Å². The fourth-order valence-electron chi connectivity index (χ4n) is 2.19. The number of carbonyl (C=O) groups excluding carboxylic acids is 2. The fraction of sp³-hybridized carbons (Fsp3) is 0.278. The third kappa shape index (κ3) is 4.81. The summed E-state index contributed by atoms with van der Waals surface area (Å²) in [5, 5.41) is 0. The highest BCUT2D eigenvalue weighted by atomic mass is 16.5. The van der Waals surface area contributed by atoms with Gasteiger partial charge in [0.1, 0.15) is 11.6 Å². The summed E-state index contributed by atoms with van der Waals surface area (Å²) in [6.45, 7) is 2.48. The van der Waals surface area contributed by atoms with Crippen LogP contribution in [0.25, 0.3) is 0 Å². The lowest BCUT2D eigenvalue weighted by Crippen LogP contribution is -2.33. The Bertz CT molecular complexity index is 714. The van der Waals surface area contributed by atoms with Crippen molar-refractivity contribution in [2.75, 3.05) is 25.9 Å². The fourth-order valence-corrected chi connectivity index (χ4v) is 2.19. The van der Waals surface area contributed by atoms with E-state index in [4.69, 9.17) is 10.5 Å². The predicted octanol–water partition coefficient (Wildman–Crippen LogP) is 1.95. The van der Waals surface area contributed by atoms with E-state index in [-0.39, 0.29) is 24.7 Å². The van der Waals surface area contributed by atoms with Crippen LogP contribution in [0, 0.1) is 0 Å². The maximum atomic E-state index is 12.3. The molecule has 1 amide bonds. The van der Waals surface area contributed by atoms with E-state index in [1.165, 1.54) is 4.90 Å². The van der Waals surface area contributed by atoms with E-state index in [1.807, 2.05) is 6.92 Å². The summed E-state index contributed by atoms with van der Waals surface area (Å²) in [5.74, 6) is 0.765. The Morgan fingerprint density at radius 3 is 2.50 bits per heavy atom. The van der Waals surface area contributed by atoms with Gasteiger partial charge in [0.2, 0.25) is 5.91 Å². The molecule has 2 rings (SSSR count). The van der Waals surface area contributed by atoms with Gasteiger partial charge < -0.3 is 15.4 Å². The van der Waals surface area contributed by atoms with Gasteiger partial charge in [-0.2, -0.15) is 0 Å². The van der Waals surface area contributed by atoms with Gasteiger partial charge in [0.15, 0.2) is 5.78 Å². The number of amides is 1. The van der Waals surface area contributed by atoms with Gasteiger partial charge in [0, 0.05) is 12.6 Å². The molecular weight excluding hydrogens is 306 g/mol. The Morgan fingerprint density at radius 1 is 1.17 bits per heavy atom. The monoisotopic (exact) mass is 327 g/mol. The largest absolute Gasteiger partial charge is 0.494 e. The average Bonchev–Trinajstić information content (AvgIpc) is 2.55. The molecule has 0 atom stereocenters. The van der Waals surface area contributed by atoms with Crippen LogP contribution < -0.4 is 10.5 Å². The molecule has 24 heavy (non-hydrogen) atoms. The maximum Gasteiger partial charge on any atom is 0.228 e. The molecule has 0 bridgehead atoms. The van der Waals surface area contributed by atoms with E-state index in [1.54, 1.807) is 49.5 Å². The number of nitrogens with two attached hydrogens (primary N) is 1. The lowest BCUT2D eigenvalue weighted by molar-refractivity contribution is -0.128. The summed E-state index contributed by atoms with van der Waals surface area (Å²) in [7, 11) is 1.60. The first-order valence-electron chi connectivity index (χ1n) is 7.71. The minimum Gasteiger partial charge on any atom is -0.494 e. The second-order valence-electron chi connectivity index (χ2n) is 5.36. The third-order valence-electron chi connectivity index (χ3n) is 3.45. The van der Waals surface area contributed by atoms with E-state index in [0.29, 0.717) is 29.4 Å². The van der Waals surface area contributed by atoms with E-state index in [2.05, 4.69) is 4.98 Å². The van der Waals surface area contributed by atoms with Gasteiger partial charge in [-0.15, -0.1) is 0 Å². The number of hydrogen-bond donors (Lipinski definition) is 1. The molecule has 1 heterocycles. The minimum absolute atomic E-state index is 0.00906. The predicted molar refractivity (Wildman–Crippen MR) is 91.9 cm³/mol. The molecule has 126 valence electrons. The third-order valence-corrected chi connectivity index (χ3v) is 3.45. The zero-order valence-corrected chi connectivity index (χ0v) is 13.9. The molecule has 0 aliphatic rings. The number of ketones is 1. The van der Waals surface area contributed by atoms with Gasteiger partial charge >= 0.3 is 0 Å². The Hall–Kier alpha value is -2.89. The van der Waals surface area contributed by atoms with Crippen LogP contribution in [-0.4, -0.2) is 41.8 Å². The van der Waals surface area contributed by atoms with Crippen molar-refractivity contribution >= 4 is 17.5 Å². The smallest absolute Gasteiger partial charge is 0.228 e. The molecule has 0 fully saturated rings. The van der Waals surface area contributed by atoms with Crippen molar-refractivity contribution in [3.8, 4) is 5.75 Å². The summed E-state index contributed by atoms with van der Waals surface area (Å²) < 4.78 is 5.34. The number of benzene rings is 1. The molecule has 6 nitrogen and oxygen atoms in total. The van der Waals surface area contributed by atoms with Gasteiger partial charge in [0.05, 0.1) is 25.3 Å². The number of nitrogens with zero attached hydrogens (tertiary/aromatic N) is 2. The second-order valence-corrected chi connectivity index (χ2v) is 5.36. The molecule has 0 unspecified atom stereocenters. The first kappa shape index (κ1) is 17.5. The minimum atomic E-state index is -0.188. The van der Waals surface area contributed by atoms with Crippen LogP contribution in [0.2, 0.25) is 0 Å². The number of ether oxygens (including phenoxy) is 1. The number of likely N-dealkylation sites (N-methyl/N-ethyl adjacent to an activating group) is 1. The normalized spacial score (nSPS) is 10.2. The number of anilines is 1. The molecule has 1 aromatic heterocycles. The Labute approximate surface area is 141 Å². The number of pyridine rings is 1. The van der Waals surface area contributed by atoms with Gasteiger partial charge in [-0.05, 0) is 43.3 Å². The number of hydrogen-bond acceptors (Lipinski definition) is 5. The summed E-state index contributed by atoms with van der Waals surface area (Å²) in [5.41, 5.74) is 6.73. The van der Waals surface area contributed by atoms with Crippen molar-refractivity contribution < 1.29 is 14.3 Å². The first-order valence-corrected chi connectivity index (χ1v) is 7.71. The van der Waals surface area contributed by atoms with Crippen molar-refractivity contribution in [2.24, 2.45) is 0 Å². The highest BCUT2D eigenvalue weighted by Crippen LogP contribution is 2.13. The molecule has 0 saturated heterocycles. The molecule has 6 heteroatoms. The van der Waals surface area contributed by atoms with Gasteiger partial charge in [0.25, 0.3) is 0 Å². The summed E-state index contributed by atoms with van der Waals surface area (Å²) in [6, 6.07) is 12.0. The van der Waals surface area contributed by atoms with E-state index >= 15 is 0 Å². The van der Waals surface area contributed by atoms with Crippen LogP contribution in [0.5, 0.6) is 5.75 Å². The van der Waals surface area contributed by atoms with Crippen molar-refractivity contribution in [2.45, 2.75) is 13.3 Å². The number of nitrogen functional groups attached to an aromatic ring is 1. The Morgan fingerprint density at radius 2 is 1.88 bits per heavy atom. The van der Waals surface area contributed by atoms with Crippen molar-refractivity contribution in [1.82, 2.24) is 9.88 Å². The standard InChI is InChI=1S/C18H21N3O3/c1-3-24-15-9-7-13(8-10-15)16(22)12-21(2)18(23)11-14-5-4-6-17(19)20-14/h4-10H,3,11-12H2,1-2H3,(H2,19,20). The molecule has 2 N–H and O–H groups in total. The molecule has 0 aliphatic heterocycles. The number of Topliss-reactive ketones (excluding diaryl/α,β-unsaturated/α-hetero) is 1. The van der Waals surface area contributed by atoms with Gasteiger partial charge in [-0.3, -0.25) is 9.59 Å². The quantitative estimate of drug-likeness (QED) is 0.786. The summed E-state index contributed by atoms with van der Waals surface area (Å²) in [4.78, 5) is 30.0. The van der Waals surface area contributed by atoms with Crippen LogP contribution >= 0.6 is 0 Å². The van der Waals surface area contributed by atoms with Crippen LogP contribution in [0.4, 0.5) is 5.82 Å². The molecule has 0 saturated carbocycles. The second kappa shape index (κ2) is 8.10. The Balaban J connectivity index is 1.93. The van der Waals surface area contributed by atoms with E-state index in [9.17, 15) is 9.59 Å². The first-order chi connectivity index (χ1) is 11.5. The number of aromatic nitrogens is 1. The molecule has 2 aromatic rings. The molecule has 0 spiro atoms. The molecule has 0 radical (unpaired) electrons. The lowest BCUT2D eigenvalue weighted by atomic mass is 10.1. The number of carbonyl (C=O) groups is 2. The topological polar surface area (TPSA) is 85.5 Å². The maximum absolute atomic E-state index is 12.3. The summed E-state index contributed by atoms with van der Waals surface area (Å²) >= 11 is 0. The van der Waals surface area contributed by atoms with E-state index < -0.39 is 0 Å². The molecule has 0 aliphatic carbocycles. The highest BCUT2D eigenvalue weighted by Gasteiger charge is 2.15. The highest BCUT2D eigenvalue weighted by molar-refractivity contribution is 5.99. The van der Waals surface area contributed by atoms with Crippen LogP contribution in [0.15, 0.2) is 42.5 Å². The van der Waals surface area contributed by atoms with Crippen LogP contribution in [0.3, 0.4) is 0 Å². The van der Waals surface area contributed by atoms with Crippen LogP contribution in [-0.2, 0) is 11.2 Å².